The normalized spacial score (nSPS) is 17.3. The molecule has 0 aliphatic carbocycles. The number of nitrogens with one attached hydrogen (secondary N) is 7. The van der Waals surface area contributed by atoms with E-state index >= 15 is 0 Å². The second kappa shape index (κ2) is 38.6. The first-order valence-corrected chi connectivity index (χ1v) is 33.8. The number of aliphatic hydroxyl groups excluding tert-OH is 1. The van der Waals surface area contributed by atoms with Crippen molar-refractivity contribution in [1.82, 2.24) is 51.5 Å². The van der Waals surface area contributed by atoms with E-state index in [1.165, 1.54) is 40.0 Å². The lowest BCUT2D eigenvalue weighted by Gasteiger charge is -2.41. The van der Waals surface area contributed by atoms with Gasteiger partial charge in [0.1, 0.15) is 36.3 Å². The number of ether oxygens (including phenoxy) is 3. The van der Waals surface area contributed by atoms with Gasteiger partial charge in [0, 0.05) is 72.2 Å². The number of carbonyl (C=O) groups is 12. The smallest absolute Gasteiger partial charge is 0.410 e. The second-order valence-electron chi connectivity index (χ2n) is 27.2. The van der Waals surface area contributed by atoms with Crippen LogP contribution in [0.5, 0.6) is 0 Å². The van der Waals surface area contributed by atoms with E-state index in [1.807, 2.05) is 45.9 Å². The summed E-state index contributed by atoms with van der Waals surface area (Å²) in [6, 6.07) is 8.31. The molecule has 13 amide bonds. The number of nitrogens with zero attached hydrogens (tertiary/aromatic N) is 4. The van der Waals surface area contributed by atoms with E-state index in [1.54, 1.807) is 89.9 Å². The Bertz CT molecular complexity index is 3070. The van der Waals surface area contributed by atoms with E-state index < -0.39 is 143 Å². The van der Waals surface area contributed by atoms with Crippen LogP contribution in [0.25, 0.3) is 0 Å². The number of aliphatic hydroxyl groups is 1. The summed E-state index contributed by atoms with van der Waals surface area (Å²) in [6.45, 7) is 21.0. The number of hydrogen-bond donors (Lipinski definition) is 9. The zero-order chi connectivity index (χ0) is 73.5. The van der Waals surface area contributed by atoms with Crippen LogP contribution in [0.2, 0.25) is 0 Å². The van der Waals surface area contributed by atoms with Crippen LogP contribution in [0.15, 0.2) is 66.7 Å². The summed E-state index contributed by atoms with van der Waals surface area (Å²) in [7, 11) is 6.05. The van der Waals surface area contributed by atoms with Gasteiger partial charge in [0.25, 0.3) is 11.8 Å². The fourth-order valence-electron chi connectivity index (χ4n) is 12.3. The molecule has 0 spiro atoms. The first-order valence-electron chi connectivity index (χ1n) is 33.8. The van der Waals surface area contributed by atoms with E-state index in [2.05, 4.69) is 37.2 Å². The van der Waals surface area contributed by atoms with Crippen LogP contribution in [0.4, 0.5) is 15.3 Å². The zero-order valence-electron chi connectivity index (χ0n) is 59.9. The van der Waals surface area contributed by atoms with Crippen LogP contribution in [-0.4, -0.2) is 204 Å². The number of hydrogen-bond acceptors (Lipinski definition) is 16. The molecule has 0 aromatic heterocycles. The lowest BCUT2D eigenvalue weighted by Crippen LogP contribution is -2.61. The lowest BCUT2D eigenvalue weighted by atomic mass is 9.89. The number of anilines is 1. The molecule has 0 bridgehead atoms. The van der Waals surface area contributed by atoms with Gasteiger partial charge >= 0.3 is 12.1 Å². The third-order valence-corrected chi connectivity index (χ3v) is 18.1. The molecule has 544 valence electrons. The highest BCUT2D eigenvalue weighted by molar-refractivity contribution is 6.13. The summed E-state index contributed by atoms with van der Waals surface area (Å²) >= 11 is 0. The van der Waals surface area contributed by atoms with Gasteiger partial charge in [-0.15, -0.1) is 0 Å². The van der Waals surface area contributed by atoms with Gasteiger partial charge < -0.3 is 72.1 Å². The van der Waals surface area contributed by atoms with Crippen molar-refractivity contribution >= 4 is 76.9 Å². The minimum Gasteiger partial charge on any atom is -0.445 e. The highest BCUT2D eigenvalue weighted by atomic mass is 16.6. The Morgan fingerprint density at radius 3 is 1.95 bits per heavy atom. The number of likely N-dealkylation sites (tertiary alicyclic amines) is 1. The third-order valence-electron chi connectivity index (χ3n) is 18.1. The van der Waals surface area contributed by atoms with Gasteiger partial charge in [-0.1, -0.05) is 111 Å². The quantitative estimate of drug-likeness (QED) is 0.0336. The summed E-state index contributed by atoms with van der Waals surface area (Å²) in [5, 5.41) is 30.0. The van der Waals surface area contributed by atoms with Crippen molar-refractivity contribution in [3.8, 4) is 0 Å². The van der Waals surface area contributed by atoms with Crippen molar-refractivity contribution in [2.75, 3.05) is 53.3 Å². The minimum absolute atomic E-state index is 0.0120. The molecule has 10 N–H and O–H groups in total. The van der Waals surface area contributed by atoms with Crippen LogP contribution >= 0.6 is 0 Å². The monoisotopic (exact) mass is 1370 g/mol. The van der Waals surface area contributed by atoms with Crippen molar-refractivity contribution in [3.05, 3.63) is 77.9 Å². The maximum absolute atomic E-state index is 14.8. The standard InChI is InChI=1S/C70H108N12O16/c1-17-43(8)59(52(96-15)38-56(86)81-35-22-26-51(81)61(97-16)44(9)62(88)73-45(10)60(87)47-23-19-18-20-24-47)79(13)66(92)57(41(4)5)77-65(91)58(42(6)7)80(14)69(95)98-39-46-27-29-48(30-28-46)74-63(89)49(25-21-34-72-68(71)94)76-67(93)70(11,12)78-64(90)50(37-40(2)3)75-53(83)33-36-82-54(84)31-32-55(82)85/h18-20,23-24,27-32,40-45,49-52,57-61,87H,17,21-22,25-26,33-39H2,1-16H3,(H,73,88)(H,74,89)(H,75,83)(H,76,93)(H,77,91)(H,78,90)(H3,71,72,94)/t43-,44+,45+,49-,50+,51-,52+,57-,58-,59-,60+,61+/m0/s1. The maximum Gasteiger partial charge on any atom is 0.410 e. The molecule has 28 nitrogen and oxygen atoms in total. The molecule has 12 atom stereocenters. The molecule has 2 aliphatic rings. The van der Waals surface area contributed by atoms with Crippen molar-refractivity contribution in [2.45, 2.75) is 207 Å². The van der Waals surface area contributed by atoms with E-state index in [0.717, 1.165) is 22.0 Å². The van der Waals surface area contributed by atoms with Crippen LogP contribution in [-0.2, 0) is 68.8 Å². The first-order chi connectivity index (χ1) is 46.1. The molecular weight excluding hydrogens is 1260 g/mol. The molecule has 2 aromatic carbocycles. The van der Waals surface area contributed by atoms with Gasteiger partial charge in [-0.05, 0) is 99.8 Å². The molecule has 2 heterocycles. The van der Waals surface area contributed by atoms with Crippen molar-refractivity contribution in [1.29, 1.82) is 0 Å². The van der Waals surface area contributed by atoms with E-state index in [0.29, 0.717) is 42.6 Å². The molecule has 28 heteroatoms. The number of urea groups is 1. The van der Waals surface area contributed by atoms with Gasteiger partial charge in [-0.2, -0.15) is 0 Å². The second-order valence-corrected chi connectivity index (χ2v) is 27.2. The molecule has 0 saturated carbocycles. The zero-order valence-corrected chi connectivity index (χ0v) is 59.9. The van der Waals surface area contributed by atoms with Gasteiger partial charge in [0.05, 0.1) is 48.8 Å². The lowest BCUT2D eigenvalue weighted by molar-refractivity contribution is -0.148. The number of amides is 13. The topological polar surface area (TPSA) is 376 Å². The van der Waals surface area contributed by atoms with Gasteiger partial charge in [0.15, 0.2) is 0 Å². The minimum atomic E-state index is -1.64. The molecule has 4 rings (SSSR count). The molecule has 1 saturated heterocycles. The van der Waals surface area contributed by atoms with Gasteiger partial charge in [-0.3, -0.25) is 57.7 Å². The van der Waals surface area contributed by atoms with Crippen molar-refractivity contribution in [2.24, 2.45) is 35.3 Å². The molecule has 2 aliphatic heterocycles. The highest BCUT2D eigenvalue weighted by Crippen LogP contribution is 2.31. The number of benzene rings is 2. The Morgan fingerprint density at radius 1 is 0.755 bits per heavy atom. The average molecular weight is 1370 g/mol. The van der Waals surface area contributed by atoms with Gasteiger partial charge in [-0.25, -0.2) is 9.59 Å². The third kappa shape index (κ3) is 23.6. The Labute approximate surface area is 576 Å². The van der Waals surface area contributed by atoms with E-state index in [-0.39, 0.29) is 75.5 Å². The molecule has 2 aromatic rings. The average Bonchev–Trinajstić information content (AvgIpc) is 1.49. The van der Waals surface area contributed by atoms with E-state index in [9.17, 15) is 62.6 Å². The SMILES string of the molecule is CC[C@H](C)[C@@H]([C@@H](CC(=O)N1CCC[C@H]1[C@H](OC)[C@@H](C)C(=O)N[C@H](C)[C@@H](O)c1ccccc1)OC)N(C)C(=O)[C@@H](NC(=O)[C@H](C(C)C)N(C)C(=O)OCc1ccc(NC(=O)[C@H](CCCNC(N)=O)NC(=O)C(C)(C)NC(=O)[C@@H](CC(C)C)NC(=O)CCN2C(=O)C=CC2=O)cc1)C(C)C. The summed E-state index contributed by atoms with van der Waals surface area (Å²) in [4.78, 5) is 167. The Kier molecular flexibility index (Phi) is 32.3. The molecule has 1 fully saturated rings. The number of nitrogens with two attached hydrogens (primary N) is 1. The first kappa shape index (κ1) is 81.9. The van der Waals surface area contributed by atoms with Crippen LogP contribution in [0, 0.1) is 29.6 Å². The fraction of sp³-hybridized carbons (Fsp3) is 0.629. The molecule has 0 radical (unpaired) electrons. The van der Waals surface area contributed by atoms with Crippen LogP contribution in [0.1, 0.15) is 152 Å². The molecule has 0 unspecified atom stereocenters. The molecular formula is C70H108N12O16. The Morgan fingerprint density at radius 2 is 1.39 bits per heavy atom. The number of imide groups is 1. The number of rotatable bonds is 38. The van der Waals surface area contributed by atoms with E-state index in [4.69, 9.17) is 19.9 Å². The van der Waals surface area contributed by atoms with Crippen LogP contribution < -0.4 is 43.0 Å². The number of carbonyl (C=O) groups excluding carboxylic acids is 12. The summed E-state index contributed by atoms with van der Waals surface area (Å²) in [5.74, 6) is -7.32. The predicted octanol–water partition coefficient (Wildman–Crippen LogP) is 4.19. The van der Waals surface area contributed by atoms with Crippen molar-refractivity contribution in [3.63, 3.8) is 0 Å². The van der Waals surface area contributed by atoms with Gasteiger partial charge in [0.2, 0.25) is 47.3 Å². The summed E-state index contributed by atoms with van der Waals surface area (Å²) < 4.78 is 17.7. The summed E-state index contributed by atoms with van der Waals surface area (Å²) in [6.07, 6.45) is 0.820. The van der Waals surface area contributed by atoms with Crippen molar-refractivity contribution < 1.29 is 76.9 Å². The number of methoxy groups -OCH3 is 2. The highest BCUT2D eigenvalue weighted by Gasteiger charge is 2.44. The Hall–Kier alpha value is -8.50. The number of primary amides is 1. The maximum atomic E-state index is 14.8. The van der Waals surface area contributed by atoms with Crippen LogP contribution in [0.3, 0.4) is 0 Å². The predicted molar refractivity (Wildman–Crippen MR) is 366 cm³/mol. The largest absolute Gasteiger partial charge is 0.445 e. The number of likely N-dealkylation sites (N-methyl/N-ethyl adjacent to an activating group) is 2. The Balaban J connectivity index is 1.40. The summed E-state index contributed by atoms with van der Waals surface area (Å²) in [5.41, 5.74) is 5.05. The molecule has 98 heavy (non-hydrogen) atoms. The fourth-order valence-corrected chi connectivity index (χ4v) is 12.3.